The number of hydrogen-bond donors (Lipinski definition) is 2. The molecule has 0 amide bonds. The van der Waals surface area contributed by atoms with E-state index in [0.29, 0.717) is 18.7 Å². The van der Waals surface area contributed by atoms with Crippen LogP contribution in [0.3, 0.4) is 0 Å². The molecule has 1 saturated heterocycles. The SMILES string of the molecule is CCCNC(CN)C1CCCO1. The minimum absolute atomic E-state index is 0.363. The largest absolute Gasteiger partial charge is 0.377 e. The van der Waals surface area contributed by atoms with Crippen molar-refractivity contribution in [2.45, 2.75) is 38.3 Å². The van der Waals surface area contributed by atoms with Gasteiger partial charge < -0.3 is 15.8 Å². The Hall–Kier alpha value is -0.120. The van der Waals surface area contributed by atoms with Crippen molar-refractivity contribution in [2.24, 2.45) is 5.73 Å². The maximum atomic E-state index is 5.65. The topological polar surface area (TPSA) is 47.3 Å². The van der Waals surface area contributed by atoms with Gasteiger partial charge in [0.05, 0.1) is 6.10 Å². The second-order valence-corrected chi connectivity index (χ2v) is 3.35. The van der Waals surface area contributed by atoms with Crippen LogP contribution in [0.25, 0.3) is 0 Å². The average molecular weight is 172 g/mol. The molecular weight excluding hydrogens is 152 g/mol. The lowest BCUT2D eigenvalue weighted by Gasteiger charge is -2.22. The van der Waals surface area contributed by atoms with Crippen molar-refractivity contribution >= 4 is 0 Å². The fourth-order valence-corrected chi connectivity index (χ4v) is 1.62. The van der Waals surface area contributed by atoms with Crippen LogP contribution in [0.15, 0.2) is 0 Å². The minimum Gasteiger partial charge on any atom is -0.377 e. The van der Waals surface area contributed by atoms with E-state index < -0.39 is 0 Å². The second kappa shape index (κ2) is 5.51. The van der Waals surface area contributed by atoms with Gasteiger partial charge in [-0.15, -0.1) is 0 Å². The van der Waals surface area contributed by atoms with Crippen LogP contribution in [-0.4, -0.2) is 31.8 Å². The summed E-state index contributed by atoms with van der Waals surface area (Å²) in [5.74, 6) is 0. The Labute approximate surface area is 74.7 Å². The summed E-state index contributed by atoms with van der Waals surface area (Å²) in [6.45, 7) is 4.80. The standard InChI is InChI=1S/C9H20N2O/c1-2-5-11-8(7-10)9-4-3-6-12-9/h8-9,11H,2-7,10H2,1H3. The minimum atomic E-state index is 0.363. The van der Waals surface area contributed by atoms with Gasteiger partial charge in [-0.25, -0.2) is 0 Å². The van der Waals surface area contributed by atoms with Crippen LogP contribution < -0.4 is 11.1 Å². The Morgan fingerprint density at radius 3 is 3.00 bits per heavy atom. The van der Waals surface area contributed by atoms with Crippen molar-refractivity contribution in [3.63, 3.8) is 0 Å². The highest BCUT2D eigenvalue weighted by molar-refractivity contribution is 4.80. The molecule has 3 heteroatoms. The number of nitrogens with one attached hydrogen (secondary N) is 1. The van der Waals surface area contributed by atoms with Crippen LogP contribution in [0.4, 0.5) is 0 Å². The van der Waals surface area contributed by atoms with Gasteiger partial charge in [0.1, 0.15) is 0 Å². The summed E-state index contributed by atoms with van der Waals surface area (Å²) in [4.78, 5) is 0. The smallest absolute Gasteiger partial charge is 0.0741 e. The molecule has 72 valence electrons. The van der Waals surface area contributed by atoms with Gasteiger partial charge in [0.2, 0.25) is 0 Å². The highest BCUT2D eigenvalue weighted by Gasteiger charge is 2.23. The first-order valence-electron chi connectivity index (χ1n) is 4.93. The number of hydrogen-bond acceptors (Lipinski definition) is 3. The van der Waals surface area contributed by atoms with Crippen LogP contribution >= 0.6 is 0 Å². The zero-order valence-electron chi connectivity index (χ0n) is 7.88. The number of ether oxygens (including phenoxy) is 1. The summed E-state index contributed by atoms with van der Waals surface area (Å²) in [6, 6.07) is 0.368. The second-order valence-electron chi connectivity index (χ2n) is 3.35. The summed E-state index contributed by atoms with van der Waals surface area (Å²) >= 11 is 0. The molecule has 0 aromatic heterocycles. The molecule has 0 bridgehead atoms. The van der Waals surface area contributed by atoms with Crippen molar-refractivity contribution in [3.05, 3.63) is 0 Å². The van der Waals surface area contributed by atoms with Crippen molar-refractivity contribution < 1.29 is 4.74 Å². The molecule has 0 aromatic rings. The van der Waals surface area contributed by atoms with Crippen molar-refractivity contribution in [3.8, 4) is 0 Å². The molecule has 0 radical (unpaired) electrons. The maximum Gasteiger partial charge on any atom is 0.0741 e. The van der Waals surface area contributed by atoms with Gasteiger partial charge in [-0.3, -0.25) is 0 Å². The first-order valence-corrected chi connectivity index (χ1v) is 4.93. The Kier molecular flexibility index (Phi) is 4.58. The first kappa shape index (κ1) is 9.96. The first-order chi connectivity index (χ1) is 5.88. The quantitative estimate of drug-likeness (QED) is 0.634. The van der Waals surface area contributed by atoms with E-state index in [4.69, 9.17) is 10.5 Å². The Morgan fingerprint density at radius 2 is 2.50 bits per heavy atom. The van der Waals surface area contributed by atoms with Gasteiger partial charge in [0.15, 0.2) is 0 Å². The van der Waals surface area contributed by atoms with Crippen molar-refractivity contribution in [1.82, 2.24) is 5.32 Å². The molecule has 0 spiro atoms. The van der Waals surface area contributed by atoms with Gasteiger partial charge in [-0.05, 0) is 25.8 Å². The zero-order chi connectivity index (χ0) is 8.81. The summed E-state index contributed by atoms with van der Waals surface area (Å²) in [6.07, 6.45) is 3.87. The molecule has 1 fully saturated rings. The molecule has 1 aliphatic rings. The lowest BCUT2D eigenvalue weighted by Crippen LogP contribution is -2.45. The molecule has 3 nitrogen and oxygen atoms in total. The Balaban J connectivity index is 2.22. The normalized spacial score (nSPS) is 26.0. The zero-order valence-corrected chi connectivity index (χ0v) is 7.88. The predicted octanol–water partition coefficient (Wildman–Crippen LogP) is 0.492. The molecule has 1 heterocycles. The molecule has 2 unspecified atom stereocenters. The summed E-state index contributed by atoms with van der Waals surface area (Å²) in [7, 11) is 0. The Morgan fingerprint density at radius 1 is 1.67 bits per heavy atom. The van der Waals surface area contributed by atoms with Gasteiger partial charge in [-0.1, -0.05) is 6.92 Å². The molecule has 0 aliphatic carbocycles. The van der Waals surface area contributed by atoms with Gasteiger partial charge >= 0.3 is 0 Å². The lowest BCUT2D eigenvalue weighted by atomic mass is 10.1. The van der Waals surface area contributed by atoms with E-state index in [9.17, 15) is 0 Å². The third-order valence-corrected chi connectivity index (χ3v) is 2.32. The molecule has 1 aliphatic heterocycles. The lowest BCUT2D eigenvalue weighted by molar-refractivity contribution is 0.0809. The fraction of sp³-hybridized carbons (Fsp3) is 1.00. The summed E-state index contributed by atoms with van der Waals surface area (Å²) in [5.41, 5.74) is 5.65. The number of rotatable bonds is 5. The van der Waals surface area contributed by atoms with E-state index in [2.05, 4.69) is 12.2 Å². The van der Waals surface area contributed by atoms with E-state index in [1.165, 1.54) is 12.8 Å². The van der Waals surface area contributed by atoms with Crippen LogP contribution in [0.5, 0.6) is 0 Å². The predicted molar refractivity (Wildman–Crippen MR) is 50.1 cm³/mol. The van der Waals surface area contributed by atoms with Gasteiger partial charge in [0, 0.05) is 19.2 Å². The van der Waals surface area contributed by atoms with Crippen LogP contribution in [-0.2, 0) is 4.74 Å². The average Bonchev–Trinajstić information content (AvgIpc) is 2.59. The third kappa shape index (κ3) is 2.73. The summed E-state index contributed by atoms with van der Waals surface area (Å²) < 4.78 is 5.56. The maximum absolute atomic E-state index is 5.65. The Bertz CT molecular complexity index is 113. The molecule has 0 aromatic carbocycles. The van der Waals surface area contributed by atoms with Crippen LogP contribution in [0, 0.1) is 0 Å². The van der Waals surface area contributed by atoms with Crippen LogP contribution in [0.1, 0.15) is 26.2 Å². The molecule has 1 rings (SSSR count). The highest BCUT2D eigenvalue weighted by atomic mass is 16.5. The monoisotopic (exact) mass is 172 g/mol. The molecule has 2 atom stereocenters. The molecule has 3 N–H and O–H groups in total. The van der Waals surface area contributed by atoms with Crippen LogP contribution in [0.2, 0.25) is 0 Å². The van der Waals surface area contributed by atoms with Gasteiger partial charge in [0.25, 0.3) is 0 Å². The molecule has 12 heavy (non-hydrogen) atoms. The van der Waals surface area contributed by atoms with E-state index in [1.807, 2.05) is 0 Å². The number of nitrogens with two attached hydrogens (primary N) is 1. The van der Waals surface area contributed by atoms with E-state index in [1.54, 1.807) is 0 Å². The van der Waals surface area contributed by atoms with Gasteiger partial charge in [-0.2, -0.15) is 0 Å². The fourth-order valence-electron chi connectivity index (χ4n) is 1.62. The third-order valence-electron chi connectivity index (χ3n) is 2.32. The van der Waals surface area contributed by atoms with Crippen molar-refractivity contribution in [2.75, 3.05) is 19.7 Å². The van der Waals surface area contributed by atoms with E-state index in [0.717, 1.165) is 19.6 Å². The van der Waals surface area contributed by atoms with E-state index in [-0.39, 0.29) is 0 Å². The molecular formula is C9H20N2O. The van der Waals surface area contributed by atoms with Crippen molar-refractivity contribution in [1.29, 1.82) is 0 Å². The van der Waals surface area contributed by atoms with E-state index >= 15 is 0 Å². The summed E-state index contributed by atoms with van der Waals surface area (Å²) in [5, 5.41) is 3.41. The highest BCUT2D eigenvalue weighted by Crippen LogP contribution is 2.14. The molecule has 0 saturated carbocycles.